The lowest BCUT2D eigenvalue weighted by Crippen LogP contribution is -2.52. The quantitative estimate of drug-likeness (QED) is 0.357. The van der Waals surface area contributed by atoms with Crippen molar-refractivity contribution >= 4 is 39.1 Å². The second kappa shape index (κ2) is 13.0. The minimum Gasteiger partial charge on any atom is -0.497 e. The highest BCUT2D eigenvalue weighted by atomic mass is 35.5. The van der Waals surface area contributed by atoms with Crippen LogP contribution in [0.2, 0.25) is 5.02 Å². The Morgan fingerprint density at radius 1 is 0.974 bits per heavy atom. The molecule has 3 rings (SSSR count). The van der Waals surface area contributed by atoms with Gasteiger partial charge >= 0.3 is 0 Å². The van der Waals surface area contributed by atoms with Crippen LogP contribution in [0.5, 0.6) is 5.75 Å². The van der Waals surface area contributed by atoms with Crippen LogP contribution in [0.25, 0.3) is 0 Å². The van der Waals surface area contributed by atoms with Crippen LogP contribution in [0, 0.1) is 6.92 Å². The van der Waals surface area contributed by atoms with Crippen molar-refractivity contribution in [2.24, 2.45) is 0 Å². The van der Waals surface area contributed by atoms with Crippen molar-refractivity contribution in [1.82, 2.24) is 10.2 Å². The van der Waals surface area contributed by atoms with E-state index in [4.69, 9.17) is 16.3 Å². The summed E-state index contributed by atoms with van der Waals surface area (Å²) in [6.45, 7) is 6.81. The molecule has 0 radical (unpaired) electrons. The molecule has 0 heterocycles. The second-order valence-corrected chi connectivity index (χ2v) is 11.8. The molecule has 0 bridgehead atoms. The smallest absolute Gasteiger partial charge is 0.264 e. The molecule has 0 spiro atoms. The number of halogens is 1. The normalized spacial score (nSPS) is 12.1. The molecular formula is C29H34ClN3O5S. The van der Waals surface area contributed by atoms with Gasteiger partial charge in [-0.15, -0.1) is 0 Å². The molecule has 0 saturated heterocycles. The van der Waals surface area contributed by atoms with Crippen LogP contribution in [0.1, 0.15) is 31.9 Å². The second-order valence-electron chi connectivity index (χ2n) is 9.45. The number of nitrogens with one attached hydrogen (secondary N) is 1. The number of hydrogen-bond acceptors (Lipinski definition) is 5. The predicted octanol–water partition coefficient (Wildman–Crippen LogP) is 4.79. The first-order valence-corrected chi connectivity index (χ1v) is 14.3. The summed E-state index contributed by atoms with van der Waals surface area (Å²) >= 11 is 6.20. The first-order valence-electron chi connectivity index (χ1n) is 12.5. The molecule has 3 aromatic carbocycles. The minimum atomic E-state index is -4.20. The van der Waals surface area contributed by atoms with Crippen LogP contribution >= 0.6 is 11.6 Å². The number of carbonyl (C=O) groups is 2. The zero-order chi connectivity index (χ0) is 28.7. The van der Waals surface area contributed by atoms with Gasteiger partial charge in [0.05, 0.1) is 17.7 Å². The molecule has 39 heavy (non-hydrogen) atoms. The van der Waals surface area contributed by atoms with E-state index < -0.39 is 28.5 Å². The number of carbonyl (C=O) groups excluding carboxylic acids is 2. The Morgan fingerprint density at radius 3 is 2.23 bits per heavy atom. The number of amides is 2. The number of hydrogen-bond donors (Lipinski definition) is 1. The molecule has 3 aromatic rings. The molecule has 208 valence electrons. The lowest BCUT2D eigenvalue weighted by atomic mass is 10.1. The fraction of sp³-hybridized carbons (Fsp3) is 0.310. The SMILES string of the molecule is COc1ccc(S(=O)(=O)N(CC(=O)N(Cc2ccccc2C)[C@@H](C)C(=O)NC(C)C)c2cccc(Cl)c2)cc1. The van der Waals surface area contributed by atoms with Crippen LogP contribution < -0.4 is 14.4 Å². The molecule has 0 saturated carbocycles. The number of anilines is 1. The van der Waals surface area contributed by atoms with Gasteiger partial charge in [-0.1, -0.05) is 41.9 Å². The van der Waals surface area contributed by atoms with Gasteiger partial charge in [-0.05, 0) is 81.3 Å². The Bertz CT molecular complexity index is 1410. The lowest BCUT2D eigenvalue weighted by molar-refractivity contribution is -0.139. The van der Waals surface area contributed by atoms with E-state index in [-0.39, 0.29) is 29.1 Å². The predicted molar refractivity (Wildman–Crippen MR) is 153 cm³/mol. The number of ether oxygens (including phenoxy) is 1. The fourth-order valence-corrected chi connectivity index (χ4v) is 5.58. The summed E-state index contributed by atoms with van der Waals surface area (Å²) in [6, 6.07) is 18.8. The van der Waals surface area contributed by atoms with Crippen LogP contribution in [-0.2, 0) is 26.2 Å². The zero-order valence-corrected chi connectivity index (χ0v) is 24.3. The highest BCUT2D eigenvalue weighted by molar-refractivity contribution is 7.92. The first kappa shape index (κ1) is 30.0. The summed E-state index contributed by atoms with van der Waals surface area (Å²) in [6.07, 6.45) is 0. The van der Waals surface area contributed by atoms with Gasteiger partial charge in [0.1, 0.15) is 18.3 Å². The molecular weight excluding hydrogens is 538 g/mol. The van der Waals surface area contributed by atoms with Crippen molar-refractivity contribution in [2.75, 3.05) is 18.0 Å². The van der Waals surface area contributed by atoms with Crippen molar-refractivity contribution < 1.29 is 22.7 Å². The topological polar surface area (TPSA) is 96.0 Å². The number of rotatable bonds is 11. The van der Waals surface area contributed by atoms with Crippen molar-refractivity contribution in [3.8, 4) is 5.75 Å². The van der Waals surface area contributed by atoms with Gasteiger partial charge in [0.2, 0.25) is 11.8 Å². The Labute approximate surface area is 235 Å². The van der Waals surface area contributed by atoms with Gasteiger partial charge in [0, 0.05) is 17.6 Å². The van der Waals surface area contributed by atoms with Crippen LogP contribution in [0.4, 0.5) is 5.69 Å². The van der Waals surface area contributed by atoms with Gasteiger partial charge in [-0.3, -0.25) is 13.9 Å². The Kier molecular flexibility index (Phi) is 9.99. The third-order valence-corrected chi connectivity index (χ3v) is 8.25. The van der Waals surface area contributed by atoms with E-state index in [1.807, 2.05) is 45.0 Å². The number of sulfonamides is 1. The summed E-state index contributed by atoms with van der Waals surface area (Å²) in [5.41, 5.74) is 2.02. The molecule has 0 aliphatic rings. The number of aryl methyl sites for hydroxylation is 1. The largest absolute Gasteiger partial charge is 0.497 e. The van der Waals surface area contributed by atoms with Gasteiger partial charge in [-0.25, -0.2) is 8.42 Å². The van der Waals surface area contributed by atoms with E-state index in [1.54, 1.807) is 25.1 Å². The number of nitrogens with zero attached hydrogens (tertiary/aromatic N) is 2. The van der Waals surface area contributed by atoms with Gasteiger partial charge in [0.15, 0.2) is 0 Å². The van der Waals surface area contributed by atoms with Crippen molar-refractivity contribution in [2.45, 2.75) is 51.2 Å². The summed E-state index contributed by atoms with van der Waals surface area (Å²) in [5.74, 6) is -0.380. The summed E-state index contributed by atoms with van der Waals surface area (Å²) in [7, 11) is -2.71. The monoisotopic (exact) mass is 571 g/mol. The molecule has 8 nitrogen and oxygen atoms in total. The van der Waals surface area contributed by atoms with E-state index in [9.17, 15) is 18.0 Å². The van der Waals surface area contributed by atoms with Crippen LogP contribution in [0.3, 0.4) is 0 Å². The molecule has 1 atom stereocenters. The molecule has 1 N–H and O–H groups in total. The van der Waals surface area contributed by atoms with E-state index in [0.717, 1.165) is 15.4 Å². The van der Waals surface area contributed by atoms with Crippen molar-refractivity contribution in [1.29, 1.82) is 0 Å². The maximum atomic E-state index is 13.9. The lowest BCUT2D eigenvalue weighted by Gasteiger charge is -2.32. The van der Waals surface area contributed by atoms with E-state index >= 15 is 0 Å². The molecule has 0 unspecified atom stereocenters. The maximum Gasteiger partial charge on any atom is 0.264 e. The molecule has 0 aliphatic heterocycles. The number of methoxy groups -OCH3 is 1. The van der Waals surface area contributed by atoms with Gasteiger partial charge < -0.3 is 15.0 Å². The average molecular weight is 572 g/mol. The minimum absolute atomic E-state index is 0.0212. The van der Waals surface area contributed by atoms with Crippen LogP contribution in [0.15, 0.2) is 77.7 Å². The fourth-order valence-electron chi connectivity index (χ4n) is 3.99. The molecule has 10 heteroatoms. The number of benzene rings is 3. The Hall–Kier alpha value is -3.56. The molecule has 2 amide bonds. The van der Waals surface area contributed by atoms with Gasteiger partial charge in [0.25, 0.3) is 10.0 Å². The van der Waals surface area contributed by atoms with Crippen molar-refractivity contribution in [3.63, 3.8) is 0 Å². The Balaban J connectivity index is 2.04. The first-order chi connectivity index (χ1) is 18.4. The Morgan fingerprint density at radius 2 is 1.64 bits per heavy atom. The third kappa shape index (κ3) is 7.52. The van der Waals surface area contributed by atoms with Crippen molar-refractivity contribution in [3.05, 3.63) is 88.9 Å². The van der Waals surface area contributed by atoms with E-state index in [1.165, 1.54) is 42.3 Å². The summed E-state index contributed by atoms with van der Waals surface area (Å²) in [5, 5.41) is 3.16. The van der Waals surface area contributed by atoms with E-state index in [0.29, 0.717) is 10.8 Å². The standard InChI is InChI=1S/C29H34ClN3O5S/c1-20(2)31-29(35)22(4)32(18-23-10-7-6-9-21(23)3)28(34)19-33(25-12-8-11-24(30)17-25)39(36,37)27-15-13-26(38-5)14-16-27/h6-17,20,22H,18-19H2,1-5H3,(H,31,35)/t22-/m0/s1. The van der Waals surface area contributed by atoms with E-state index in [2.05, 4.69) is 5.32 Å². The van der Waals surface area contributed by atoms with Gasteiger partial charge in [-0.2, -0.15) is 0 Å². The molecule has 0 aromatic heterocycles. The highest BCUT2D eigenvalue weighted by Gasteiger charge is 2.33. The zero-order valence-electron chi connectivity index (χ0n) is 22.7. The molecule has 0 aliphatic carbocycles. The van der Waals surface area contributed by atoms with Crippen LogP contribution in [-0.4, -0.2) is 50.9 Å². The molecule has 0 fully saturated rings. The summed E-state index contributed by atoms with van der Waals surface area (Å²) in [4.78, 5) is 28.3. The third-order valence-electron chi connectivity index (χ3n) is 6.22. The maximum absolute atomic E-state index is 13.9. The summed E-state index contributed by atoms with van der Waals surface area (Å²) < 4.78 is 33.9. The average Bonchev–Trinajstić information content (AvgIpc) is 2.90. The highest BCUT2D eigenvalue weighted by Crippen LogP contribution is 2.28.